The van der Waals surface area contributed by atoms with Gasteiger partial charge in [0.25, 0.3) is 0 Å². The largest absolute Gasteiger partial charge is 2.00 e. The molecule has 0 amide bonds. The second-order valence-electron chi connectivity index (χ2n) is 10.1. The number of rotatable bonds is 4. The van der Waals surface area contributed by atoms with Gasteiger partial charge in [0.15, 0.2) is 0 Å². The van der Waals surface area contributed by atoms with E-state index >= 15 is 0 Å². The number of aryl methyl sites for hydroxylation is 2. The van der Waals surface area contributed by atoms with Crippen LogP contribution in [0.25, 0.3) is 21.9 Å². The summed E-state index contributed by atoms with van der Waals surface area (Å²) in [5.74, 6) is 0. The normalized spacial score (nSPS) is 10.9. The summed E-state index contributed by atoms with van der Waals surface area (Å²) < 4.78 is 0. The zero-order valence-electron chi connectivity index (χ0n) is 23.3. The van der Waals surface area contributed by atoms with Crippen molar-refractivity contribution in [1.82, 2.24) is 0 Å². The minimum absolute atomic E-state index is 0. The van der Waals surface area contributed by atoms with Crippen molar-refractivity contribution in [3.63, 3.8) is 0 Å². The molecule has 0 bridgehead atoms. The van der Waals surface area contributed by atoms with Gasteiger partial charge in [-0.25, -0.2) is 0 Å². The molecular formula is C38H35PTi. The molecule has 0 fully saturated rings. The van der Waals surface area contributed by atoms with Crippen molar-refractivity contribution in [1.29, 1.82) is 0 Å². The minimum Gasteiger partial charge on any atom is -0.179 e. The van der Waals surface area contributed by atoms with Crippen LogP contribution in [0, 0.1) is 6.07 Å². The van der Waals surface area contributed by atoms with E-state index in [-0.39, 0.29) is 29.6 Å². The number of hydrogen-bond donors (Lipinski definition) is 0. The molecule has 0 saturated heterocycles. The van der Waals surface area contributed by atoms with Crippen molar-refractivity contribution in [3.05, 3.63) is 168 Å². The fourth-order valence-electron chi connectivity index (χ4n) is 4.97. The SMILES string of the molecule is CP(C)c1cc2ccccc2[cH-]1.[Ti+2].[c-]1cccc2c1Cc1ccccc1-2.c1ccc(CCc2ccccc2)cc1. The summed E-state index contributed by atoms with van der Waals surface area (Å²) in [6.45, 7) is 4.59. The monoisotopic (exact) mass is 570 g/mol. The first kappa shape index (κ1) is 29.8. The maximum Gasteiger partial charge on any atom is 2.00 e. The molecule has 40 heavy (non-hydrogen) atoms. The minimum atomic E-state index is 0. The van der Waals surface area contributed by atoms with Gasteiger partial charge in [-0.05, 0) is 43.7 Å². The van der Waals surface area contributed by atoms with E-state index in [9.17, 15) is 0 Å². The van der Waals surface area contributed by atoms with Gasteiger partial charge in [0.05, 0.1) is 0 Å². The number of fused-ring (bicyclic) bond motifs is 4. The Morgan fingerprint density at radius 1 is 0.650 bits per heavy atom. The molecular weight excluding hydrogens is 535 g/mol. The van der Waals surface area contributed by atoms with Crippen molar-refractivity contribution < 1.29 is 21.7 Å². The van der Waals surface area contributed by atoms with Gasteiger partial charge >= 0.3 is 21.7 Å². The molecule has 1 aliphatic carbocycles. The van der Waals surface area contributed by atoms with Crippen molar-refractivity contribution in [2.75, 3.05) is 13.3 Å². The van der Waals surface area contributed by atoms with Crippen LogP contribution >= 0.6 is 7.92 Å². The predicted octanol–water partition coefficient (Wildman–Crippen LogP) is 9.45. The molecule has 0 atom stereocenters. The van der Waals surface area contributed by atoms with Crippen LogP contribution in [0.2, 0.25) is 0 Å². The molecule has 0 aliphatic heterocycles. The van der Waals surface area contributed by atoms with Crippen LogP contribution in [0.15, 0.2) is 140 Å². The number of hydrogen-bond acceptors (Lipinski definition) is 0. The predicted molar refractivity (Wildman–Crippen MR) is 172 cm³/mol. The van der Waals surface area contributed by atoms with Crippen LogP contribution in [0.5, 0.6) is 0 Å². The second-order valence-corrected chi connectivity index (χ2v) is 12.4. The molecule has 6 aromatic carbocycles. The van der Waals surface area contributed by atoms with Gasteiger partial charge in [-0.15, -0.1) is 53.8 Å². The quantitative estimate of drug-likeness (QED) is 0.112. The van der Waals surface area contributed by atoms with Gasteiger partial charge in [-0.3, -0.25) is 0 Å². The van der Waals surface area contributed by atoms with Gasteiger partial charge < -0.3 is 0 Å². The Bertz CT molecular complexity index is 1480. The zero-order chi connectivity index (χ0) is 26.9. The number of benzene rings is 5. The maximum absolute atomic E-state index is 3.30. The van der Waals surface area contributed by atoms with E-state index in [1.807, 2.05) is 6.07 Å². The first-order valence-electron chi connectivity index (χ1n) is 13.7. The Hall–Kier alpha value is -3.15. The van der Waals surface area contributed by atoms with E-state index in [4.69, 9.17) is 0 Å². The van der Waals surface area contributed by atoms with Gasteiger partial charge in [-0.2, -0.15) is 35.9 Å². The first-order valence-corrected chi connectivity index (χ1v) is 15.9. The van der Waals surface area contributed by atoms with Crippen LogP contribution in [0.3, 0.4) is 0 Å². The van der Waals surface area contributed by atoms with Crippen molar-refractivity contribution in [2.24, 2.45) is 0 Å². The Kier molecular flexibility index (Phi) is 11.2. The summed E-state index contributed by atoms with van der Waals surface area (Å²) in [5.41, 5.74) is 8.34. The van der Waals surface area contributed by atoms with Gasteiger partial charge in [-0.1, -0.05) is 102 Å². The van der Waals surface area contributed by atoms with Gasteiger partial charge in [0.2, 0.25) is 0 Å². The molecule has 0 unspecified atom stereocenters. The third-order valence-electron chi connectivity index (χ3n) is 7.12. The van der Waals surface area contributed by atoms with Crippen molar-refractivity contribution in [3.8, 4) is 11.1 Å². The summed E-state index contributed by atoms with van der Waals surface area (Å²) in [6.07, 6.45) is 3.31. The summed E-state index contributed by atoms with van der Waals surface area (Å²) in [6, 6.07) is 52.5. The summed E-state index contributed by atoms with van der Waals surface area (Å²) >= 11 is 0. The molecule has 0 heterocycles. The van der Waals surface area contributed by atoms with Gasteiger partial charge in [0.1, 0.15) is 0 Å². The third kappa shape index (κ3) is 7.96. The summed E-state index contributed by atoms with van der Waals surface area (Å²) in [4.78, 5) is 0. The Morgan fingerprint density at radius 3 is 1.88 bits per heavy atom. The fourth-order valence-corrected chi connectivity index (χ4v) is 5.76. The Balaban J connectivity index is 0.000000137. The first-order chi connectivity index (χ1) is 19.2. The maximum atomic E-state index is 3.30. The van der Waals surface area contributed by atoms with Crippen LogP contribution in [-0.2, 0) is 41.0 Å². The Morgan fingerprint density at radius 2 is 1.23 bits per heavy atom. The molecule has 6 aromatic rings. The molecule has 0 aromatic heterocycles. The topological polar surface area (TPSA) is 0 Å². The molecule has 196 valence electrons. The van der Waals surface area contributed by atoms with E-state index < -0.39 is 0 Å². The van der Waals surface area contributed by atoms with Crippen LogP contribution in [0.4, 0.5) is 0 Å². The fraction of sp³-hybridized carbons (Fsp3) is 0.132. The second kappa shape index (κ2) is 15.0. The Labute approximate surface area is 256 Å². The van der Waals surface area contributed by atoms with Crippen LogP contribution < -0.4 is 5.30 Å². The van der Waals surface area contributed by atoms with E-state index in [1.165, 1.54) is 49.5 Å². The van der Waals surface area contributed by atoms with Crippen molar-refractivity contribution >= 4 is 24.0 Å². The zero-order valence-corrected chi connectivity index (χ0v) is 25.8. The summed E-state index contributed by atoms with van der Waals surface area (Å²) in [5, 5.41) is 4.26. The van der Waals surface area contributed by atoms with E-state index in [2.05, 4.69) is 153 Å². The molecule has 1 aliphatic rings. The molecule has 0 N–H and O–H groups in total. The average molecular weight is 571 g/mol. The molecule has 0 radical (unpaired) electrons. The van der Waals surface area contributed by atoms with E-state index in [0.29, 0.717) is 0 Å². The third-order valence-corrected chi connectivity index (χ3v) is 8.41. The molecule has 0 nitrogen and oxygen atoms in total. The standard InChI is InChI=1S/C14H14.C13H9.C11H12P.Ti/c1-3-7-13(8-4-1)11-12-14-9-5-2-6-10-14;1-3-7-12-10(5-1)9-11-6-2-4-8-13(11)12;1-12(2)11-7-9-5-3-4-6-10(9)8-11;/h1-10H,11-12H2;1-5,7-8H,9H2;3-8H,1-2H3;/q;2*-1;+2. The smallest absolute Gasteiger partial charge is 0.179 e. The van der Waals surface area contributed by atoms with Crippen molar-refractivity contribution in [2.45, 2.75) is 19.3 Å². The molecule has 7 rings (SSSR count). The molecule has 0 spiro atoms. The van der Waals surface area contributed by atoms with E-state index in [0.717, 1.165) is 19.3 Å². The van der Waals surface area contributed by atoms with Crippen LogP contribution in [-0.4, -0.2) is 13.3 Å². The van der Waals surface area contributed by atoms with Gasteiger partial charge in [0, 0.05) is 0 Å². The molecule has 0 saturated carbocycles. The summed E-state index contributed by atoms with van der Waals surface area (Å²) in [7, 11) is 0.0576. The van der Waals surface area contributed by atoms with E-state index in [1.54, 1.807) is 0 Å². The average Bonchev–Trinajstić information content (AvgIpc) is 3.60. The van der Waals surface area contributed by atoms with Crippen LogP contribution in [0.1, 0.15) is 22.3 Å². The molecule has 2 heteroatoms.